The predicted octanol–water partition coefficient (Wildman–Crippen LogP) is 11.6. The van der Waals surface area contributed by atoms with Crippen molar-refractivity contribution in [1.29, 1.82) is 0 Å². The summed E-state index contributed by atoms with van der Waals surface area (Å²) in [6, 6.07) is 0. The van der Waals surface area contributed by atoms with Gasteiger partial charge in [0.2, 0.25) is 13.1 Å². The Hall–Kier alpha value is -5.21. The predicted molar refractivity (Wildman–Crippen MR) is 342 cm³/mol. The Kier molecular flexibility index (Phi) is 53.5. The van der Waals surface area contributed by atoms with Crippen LogP contribution in [0.1, 0.15) is 214 Å². The van der Waals surface area contributed by atoms with E-state index >= 15 is 0 Å². The monoisotopic (exact) mass is 1240 g/mol. The average molecular weight is 1240 g/mol. The molecule has 4 saturated heterocycles. The van der Waals surface area contributed by atoms with E-state index in [1.54, 1.807) is 35.5 Å². The highest BCUT2D eigenvalue weighted by Gasteiger charge is 2.40. The van der Waals surface area contributed by atoms with Crippen LogP contribution in [0.15, 0.2) is 0 Å². The summed E-state index contributed by atoms with van der Waals surface area (Å²) in [5.74, 6) is 0.227. The molecular weight excluding hydrogens is 1110 g/mol. The molecule has 26 nitrogen and oxygen atoms in total. The van der Waals surface area contributed by atoms with Crippen molar-refractivity contribution >= 4 is 30.2 Å². The summed E-state index contributed by atoms with van der Waals surface area (Å²) in [7, 11) is 1.89. The molecule has 4 fully saturated rings. The van der Waals surface area contributed by atoms with Crippen LogP contribution in [0.4, 0.5) is 19.2 Å². The first-order valence-electron chi connectivity index (χ1n) is 27.3. The first-order chi connectivity index (χ1) is 35.9. The Morgan fingerprint density at radius 1 is 0.506 bits per heavy atom. The van der Waals surface area contributed by atoms with Gasteiger partial charge in [0.05, 0.1) is 0 Å². The molecule has 4 rings (SSSR count). The zero-order chi connectivity index (χ0) is 62.4. The first kappa shape index (κ1) is 98.8. The van der Waals surface area contributed by atoms with Gasteiger partial charge in [-0.1, -0.05) is 79.2 Å². The molecule has 4 heterocycles. The van der Waals surface area contributed by atoms with Gasteiger partial charge in [-0.3, -0.25) is 35.1 Å². The number of likely N-dealkylation sites (tertiary alicyclic amines) is 4. The molecule has 0 atom stereocenters. The summed E-state index contributed by atoms with van der Waals surface area (Å²) < 4.78 is 21.0. The minimum Gasteiger partial charge on any atom is -0.444 e. The van der Waals surface area contributed by atoms with E-state index in [2.05, 4.69) is 32.6 Å². The zero-order valence-electron chi connectivity index (χ0n) is 51.7. The van der Waals surface area contributed by atoms with Gasteiger partial charge in [-0.25, -0.2) is 19.2 Å². The maximum absolute atomic E-state index is 11.8. The summed E-state index contributed by atoms with van der Waals surface area (Å²) in [5.41, 5.74) is 2.38. The van der Waals surface area contributed by atoms with E-state index < -0.39 is 50.5 Å². The number of hydrogen-bond donors (Lipinski definition) is 3. The van der Waals surface area contributed by atoms with Gasteiger partial charge in [0.15, 0.2) is 7.05 Å². The van der Waals surface area contributed by atoms with E-state index in [1.165, 1.54) is 24.5 Å². The van der Waals surface area contributed by atoms with E-state index in [0.29, 0.717) is 58.4 Å². The number of nitrogens with zero attached hydrogens (tertiary/aromatic N) is 8. The number of rotatable bonds is 8. The topological polar surface area (TPSA) is 334 Å². The maximum Gasteiger partial charge on any atom is 0.410 e. The third-order valence-corrected chi connectivity index (χ3v) is 12.3. The summed E-state index contributed by atoms with van der Waals surface area (Å²) in [6.07, 6.45) is 3.25. The van der Waals surface area contributed by atoms with Gasteiger partial charge < -0.3 is 59.4 Å². The highest BCUT2D eigenvalue weighted by molar-refractivity contribution is 5.81. The fraction of sp³-hybridized carbons (Fsp3) is 0.915. The Balaban J connectivity index is -0.000000119. The van der Waals surface area contributed by atoms with Gasteiger partial charge in [0, 0.05) is 105 Å². The van der Waals surface area contributed by atoms with Crippen LogP contribution in [0.25, 0.3) is 0 Å². The van der Waals surface area contributed by atoms with E-state index in [0.717, 1.165) is 40.1 Å². The summed E-state index contributed by atoms with van der Waals surface area (Å²) >= 11 is 0. The van der Waals surface area contributed by atoms with E-state index in [9.17, 15) is 49.3 Å². The van der Waals surface area contributed by atoms with E-state index in [1.807, 2.05) is 69.2 Å². The van der Waals surface area contributed by atoms with Gasteiger partial charge in [-0.2, -0.15) is 0 Å². The number of nitrogens with two attached hydrogens (primary N) is 1. The van der Waals surface area contributed by atoms with Crippen LogP contribution in [0.5, 0.6) is 0 Å². The number of piperidine rings is 4. The number of ether oxygens (including phenoxy) is 4. The molecule has 85 heavy (non-hydrogen) atoms. The molecule has 0 saturated carbocycles. The molecule has 4 N–H and O–H groups in total. The molecule has 26 heteroatoms. The highest BCUT2D eigenvalue weighted by atomic mass is 16.6. The molecular formula is C59H129N9O17. The van der Waals surface area contributed by atoms with Crippen LogP contribution in [-0.2, 0) is 23.7 Å². The van der Waals surface area contributed by atoms with Crippen molar-refractivity contribution < 1.29 is 67.9 Å². The Morgan fingerprint density at radius 3 is 0.929 bits per heavy atom. The van der Waals surface area contributed by atoms with Crippen molar-refractivity contribution in [3.63, 3.8) is 0 Å². The molecule has 4 aliphatic rings. The lowest BCUT2D eigenvalue weighted by Gasteiger charge is -2.38. The number of aliphatic hydroxyl groups excluding tert-OH is 1. The molecule has 0 bridgehead atoms. The number of Topliss-reactive ketones (excluding diaryl/α,β-unsaturated/α-hetero) is 1. The molecule has 0 aromatic rings. The number of aliphatic hydroxyl groups is 2. The Morgan fingerprint density at radius 2 is 0.729 bits per heavy atom. The molecule has 0 unspecified atom stereocenters. The summed E-state index contributed by atoms with van der Waals surface area (Å²) in [4.78, 5) is 95.1. The third-order valence-electron chi connectivity index (χ3n) is 12.3. The minimum atomic E-state index is -1.30. The van der Waals surface area contributed by atoms with Gasteiger partial charge in [0.25, 0.3) is 0 Å². The van der Waals surface area contributed by atoms with Crippen molar-refractivity contribution in [2.45, 2.75) is 242 Å². The van der Waals surface area contributed by atoms with Gasteiger partial charge in [0.1, 0.15) is 33.8 Å². The summed E-state index contributed by atoms with van der Waals surface area (Å²) in [5, 5.41) is 46.8. The lowest BCUT2D eigenvalue weighted by Crippen LogP contribution is -2.50. The van der Waals surface area contributed by atoms with Crippen LogP contribution < -0.4 is 5.73 Å². The SMILES string of the molecule is C.C.C.C.C.C.CC(C)(C)OC(=O)N1CCC(=O)CC1.CC(C)(C)OC(=O)N1CCC(O)(C[N+](=O)[O-])CC1.CC1(CN)CCN(C(=O)OC(C)(C)C)CC1.CC1(C[N+](=O)[O-])CCN(C(=O)OC(C)(C)C)CC1.CCN(CC)CC.CO.C[N+](=O)[O-]. The second-order valence-electron chi connectivity index (χ2n) is 24.5. The standard InChI is InChI=1S/C12H22N2O4.C12H24N2O2.C11H20N2O5.C10H17NO3.C6H15N.CH3NO2.CH4O.6CH4/c1-11(2,3)18-10(15)13-7-5-12(4,6-8-13)9-14(16)17;1-11(2,3)16-10(15)14-7-5-12(4,9-13)6-8-14;1-10(2,3)18-9(14)12-6-4-11(15,5-7-12)8-13(16)17;1-10(2,3)14-9(13)11-6-4-8(12)5-7-11;1-4-7(5-2)6-3;1-2(3)4;1-2;;;;;;/h5-9H2,1-4H3;5-9,13H2,1-4H3;15H,4-8H2,1-3H3;4-7H2,1-3H3;4-6H2,1-3H3;1H3;2H,1H3;6*1H4. The van der Waals surface area contributed by atoms with Gasteiger partial charge in [-0.15, -0.1) is 0 Å². The molecule has 0 aromatic heterocycles. The lowest BCUT2D eigenvalue weighted by atomic mass is 9.80. The van der Waals surface area contributed by atoms with Crippen LogP contribution >= 0.6 is 0 Å². The Labute approximate surface area is 515 Å². The molecule has 0 radical (unpaired) electrons. The van der Waals surface area contributed by atoms with Gasteiger partial charge in [-0.05, 0) is 140 Å². The number of carbonyl (C=O) groups excluding carboxylic acids is 5. The molecule has 4 aliphatic heterocycles. The quantitative estimate of drug-likeness (QED) is 0.115. The summed E-state index contributed by atoms with van der Waals surface area (Å²) in [6.45, 7) is 40.5. The molecule has 0 aliphatic carbocycles. The fourth-order valence-corrected chi connectivity index (χ4v) is 7.55. The lowest BCUT2D eigenvalue weighted by molar-refractivity contribution is -0.502. The largest absolute Gasteiger partial charge is 0.444 e. The number of ketones is 1. The molecule has 0 aromatic carbocycles. The fourth-order valence-electron chi connectivity index (χ4n) is 7.55. The third kappa shape index (κ3) is 50.6. The zero-order valence-corrected chi connectivity index (χ0v) is 51.7. The number of carbonyl (C=O) groups is 5. The van der Waals surface area contributed by atoms with Crippen molar-refractivity contribution in [2.75, 3.05) is 106 Å². The maximum atomic E-state index is 11.8. The van der Waals surface area contributed by atoms with Crippen molar-refractivity contribution in [1.82, 2.24) is 24.5 Å². The number of hydrogen-bond acceptors (Lipinski definition) is 19. The normalized spacial score (nSPS) is 16.3. The van der Waals surface area contributed by atoms with Crippen molar-refractivity contribution in [3.05, 3.63) is 30.3 Å². The number of nitro groups is 3. The smallest absolute Gasteiger partial charge is 0.410 e. The first-order valence-corrected chi connectivity index (χ1v) is 27.3. The van der Waals surface area contributed by atoms with Gasteiger partial charge >= 0.3 is 24.4 Å². The van der Waals surface area contributed by atoms with Crippen LogP contribution in [0, 0.1) is 41.2 Å². The average Bonchev–Trinajstić information content (AvgIpc) is 3.29. The van der Waals surface area contributed by atoms with E-state index in [4.69, 9.17) is 39.9 Å². The molecule has 4 amide bonds. The van der Waals surface area contributed by atoms with Crippen molar-refractivity contribution in [2.24, 2.45) is 16.6 Å². The minimum absolute atomic E-state index is 0. The van der Waals surface area contributed by atoms with Crippen LogP contribution in [0.3, 0.4) is 0 Å². The second-order valence-corrected chi connectivity index (χ2v) is 24.5. The molecule has 0 spiro atoms. The Bertz CT molecular complexity index is 1750. The van der Waals surface area contributed by atoms with Crippen LogP contribution in [0.2, 0.25) is 0 Å². The highest BCUT2D eigenvalue weighted by Crippen LogP contribution is 2.32. The molecule has 512 valence electrons. The van der Waals surface area contributed by atoms with E-state index in [-0.39, 0.29) is 117 Å². The van der Waals surface area contributed by atoms with Crippen molar-refractivity contribution in [3.8, 4) is 0 Å². The van der Waals surface area contributed by atoms with Crippen LogP contribution in [-0.4, -0.2) is 213 Å². The second kappa shape index (κ2) is 46.0. The number of amides is 4.